The van der Waals surface area contributed by atoms with Gasteiger partial charge in [-0.1, -0.05) is 19.1 Å². The molecule has 6 nitrogen and oxygen atoms in total. The number of hydrogen-bond acceptors (Lipinski definition) is 4. The number of carbonyl (C=O) groups excluding carboxylic acids is 1. The standard InChI is InChI=1S/C19H28N2O4/c1-5-16-13-20(9-10-21(16)18(24)25-19(2,3)4)12-14-7-6-8-15(11-14)17(22)23/h6-8,11,16H,5,9-10,12-13H2,1-4H3,(H,22,23). The van der Waals surface area contributed by atoms with E-state index in [0.717, 1.165) is 25.1 Å². The van der Waals surface area contributed by atoms with E-state index in [2.05, 4.69) is 11.8 Å². The van der Waals surface area contributed by atoms with Crippen LogP contribution in [0.1, 0.15) is 50.0 Å². The van der Waals surface area contributed by atoms with Crippen molar-refractivity contribution in [3.05, 3.63) is 35.4 Å². The number of carbonyl (C=O) groups is 2. The first-order valence-corrected chi connectivity index (χ1v) is 8.74. The van der Waals surface area contributed by atoms with Gasteiger partial charge in [-0.05, 0) is 44.9 Å². The minimum absolute atomic E-state index is 0.103. The average molecular weight is 348 g/mol. The van der Waals surface area contributed by atoms with Gasteiger partial charge < -0.3 is 14.7 Å². The van der Waals surface area contributed by atoms with Gasteiger partial charge in [0.2, 0.25) is 0 Å². The number of piperazine rings is 1. The molecule has 1 N–H and O–H groups in total. The summed E-state index contributed by atoms with van der Waals surface area (Å²) >= 11 is 0. The van der Waals surface area contributed by atoms with Gasteiger partial charge in [-0.15, -0.1) is 0 Å². The molecule has 1 aliphatic rings. The summed E-state index contributed by atoms with van der Waals surface area (Å²) in [7, 11) is 0. The van der Waals surface area contributed by atoms with Gasteiger partial charge in [-0.25, -0.2) is 9.59 Å². The Morgan fingerprint density at radius 2 is 2.00 bits per heavy atom. The summed E-state index contributed by atoms with van der Waals surface area (Å²) in [5.74, 6) is -0.914. The molecule has 1 atom stereocenters. The Balaban J connectivity index is 2.00. The van der Waals surface area contributed by atoms with Crippen LogP contribution >= 0.6 is 0 Å². The maximum absolute atomic E-state index is 12.4. The molecule has 1 amide bonds. The minimum atomic E-state index is -0.914. The molecule has 0 radical (unpaired) electrons. The number of carboxylic acids is 1. The number of aromatic carboxylic acids is 1. The molecule has 6 heteroatoms. The lowest BCUT2D eigenvalue weighted by Crippen LogP contribution is -2.55. The quantitative estimate of drug-likeness (QED) is 0.905. The van der Waals surface area contributed by atoms with Crippen LogP contribution in [0.2, 0.25) is 0 Å². The minimum Gasteiger partial charge on any atom is -0.478 e. The first-order chi connectivity index (χ1) is 11.7. The zero-order valence-electron chi connectivity index (χ0n) is 15.5. The highest BCUT2D eigenvalue weighted by Gasteiger charge is 2.32. The van der Waals surface area contributed by atoms with E-state index in [4.69, 9.17) is 9.84 Å². The number of rotatable bonds is 4. The number of benzene rings is 1. The molecule has 1 aliphatic heterocycles. The van der Waals surface area contributed by atoms with E-state index < -0.39 is 11.6 Å². The van der Waals surface area contributed by atoms with Crippen LogP contribution in [0.3, 0.4) is 0 Å². The first-order valence-electron chi connectivity index (χ1n) is 8.74. The highest BCUT2D eigenvalue weighted by molar-refractivity contribution is 5.87. The predicted octanol–water partition coefficient (Wildman–Crippen LogP) is 3.22. The van der Waals surface area contributed by atoms with Crippen LogP contribution in [-0.2, 0) is 11.3 Å². The van der Waals surface area contributed by atoms with Gasteiger partial charge in [0.25, 0.3) is 0 Å². The second kappa shape index (κ2) is 7.87. The Morgan fingerprint density at radius 1 is 1.28 bits per heavy atom. The van der Waals surface area contributed by atoms with Gasteiger partial charge in [0.05, 0.1) is 5.56 Å². The molecule has 0 bridgehead atoms. The fourth-order valence-electron chi connectivity index (χ4n) is 3.03. The largest absolute Gasteiger partial charge is 0.478 e. The number of ether oxygens (including phenoxy) is 1. The molecule has 1 heterocycles. The van der Waals surface area contributed by atoms with Crippen molar-refractivity contribution in [1.29, 1.82) is 0 Å². The summed E-state index contributed by atoms with van der Waals surface area (Å²) in [6.07, 6.45) is 0.595. The lowest BCUT2D eigenvalue weighted by Gasteiger charge is -2.41. The predicted molar refractivity (Wildman–Crippen MR) is 95.7 cm³/mol. The molecule has 1 unspecified atom stereocenters. The van der Waals surface area contributed by atoms with Crippen LogP contribution < -0.4 is 0 Å². The van der Waals surface area contributed by atoms with Crippen molar-refractivity contribution in [1.82, 2.24) is 9.80 Å². The Morgan fingerprint density at radius 3 is 2.60 bits per heavy atom. The van der Waals surface area contributed by atoms with Crippen molar-refractivity contribution in [2.75, 3.05) is 19.6 Å². The van der Waals surface area contributed by atoms with E-state index in [0.29, 0.717) is 18.7 Å². The lowest BCUT2D eigenvalue weighted by molar-refractivity contribution is -0.00303. The third-order valence-electron chi connectivity index (χ3n) is 4.25. The Kier molecular flexibility index (Phi) is 6.06. The van der Waals surface area contributed by atoms with Crippen LogP contribution in [0.4, 0.5) is 4.79 Å². The van der Waals surface area contributed by atoms with Crippen LogP contribution in [-0.4, -0.2) is 58.2 Å². The summed E-state index contributed by atoms with van der Waals surface area (Å²) in [5.41, 5.74) is 0.779. The molecule has 2 rings (SSSR count). The van der Waals surface area contributed by atoms with E-state index in [-0.39, 0.29) is 12.1 Å². The number of hydrogen-bond donors (Lipinski definition) is 1. The molecule has 0 aromatic heterocycles. The van der Waals surface area contributed by atoms with Gasteiger partial charge in [0, 0.05) is 32.2 Å². The van der Waals surface area contributed by atoms with E-state index in [1.165, 1.54) is 0 Å². The van der Waals surface area contributed by atoms with Crippen LogP contribution in [0.25, 0.3) is 0 Å². The first kappa shape index (κ1) is 19.2. The lowest BCUT2D eigenvalue weighted by atomic mass is 10.1. The van der Waals surface area contributed by atoms with Crippen molar-refractivity contribution in [3.63, 3.8) is 0 Å². The second-order valence-corrected chi connectivity index (χ2v) is 7.48. The topological polar surface area (TPSA) is 70.1 Å². The third kappa shape index (κ3) is 5.46. The van der Waals surface area contributed by atoms with Gasteiger partial charge in [0.1, 0.15) is 5.60 Å². The summed E-state index contributed by atoms with van der Waals surface area (Å²) in [5, 5.41) is 9.11. The fraction of sp³-hybridized carbons (Fsp3) is 0.579. The van der Waals surface area contributed by atoms with Gasteiger partial charge in [-0.2, -0.15) is 0 Å². The summed E-state index contributed by atoms with van der Waals surface area (Å²) in [6.45, 7) is 10.5. The third-order valence-corrected chi connectivity index (χ3v) is 4.25. The molecule has 1 aromatic rings. The van der Waals surface area contributed by atoms with Crippen molar-refractivity contribution in [3.8, 4) is 0 Å². The summed E-state index contributed by atoms with van der Waals surface area (Å²) in [4.78, 5) is 27.6. The molecule has 1 aromatic carbocycles. The second-order valence-electron chi connectivity index (χ2n) is 7.48. The van der Waals surface area contributed by atoms with Gasteiger partial charge >= 0.3 is 12.1 Å². The van der Waals surface area contributed by atoms with E-state index in [9.17, 15) is 9.59 Å². The molecule has 1 fully saturated rings. The maximum Gasteiger partial charge on any atom is 0.410 e. The Bertz CT molecular complexity index is 624. The normalized spacial score (nSPS) is 18.9. The molecule has 0 saturated carbocycles. The van der Waals surface area contributed by atoms with Gasteiger partial charge in [-0.3, -0.25) is 4.90 Å². The summed E-state index contributed by atoms with van der Waals surface area (Å²) in [6, 6.07) is 7.12. The Labute approximate surface area is 149 Å². The smallest absolute Gasteiger partial charge is 0.410 e. The van der Waals surface area contributed by atoms with Crippen molar-refractivity contribution < 1.29 is 19.4 Å². The van der Waals surface area contributed by atoms with Crippen LogP contribution in [0, 0.1) is 0 Å². The highest BCUT2D eigenvalue weighted by Crippen LogP contribution is 2.19. The zero-order valence-corrected chi connectivity index (χ0v) is 15.5. The highest BCUT2D eigenvalue weighted by atomic mass is 16.6. The molecule has 25 heavy (non-hydrogen) atoms. The zero-order chi connectivity index (χ0) is 18.6. The average Bonchev–Trinajstić information content (AvgIpc) is 2.53. The number of amides is 1. The van der Waals surface area contributed by atoms with Crippen molar-refractivity contribution in [2.24, 2.45) is 0 Å². The number of carboxylic acid groups (broad SMARTS) is 1. The van der Waals surface area contributed by atoms with E-state index in [1.807, 2.05) is 31.7 Å². The SMILES string of the molecule is CCC1CN(Cc2cccc(C(=O)O)c2)CCN1C(=O)OC(C)(C)C. The van der Waals surface area contributed by atoms with E-state index >= 15 is 0 Å². The van der Waals surface area contributed by atoms with Crippen LogP contribution in [0.15, 0.2) is 24.3 Å². The maximum atomic E-state index is 12.4. The monoisotopic (exact) mass is 348 g/mol. The molecular weight excluding hydrogens is 320 g/mol. The molecule has 138 valence electrons. The molecule has 0 aliphatic carbocycles. The number of nitrogens with zero attached hydrogens (tertiary/aromatic N) is 2. The van der Waals surface area contributed by atoms with Crippen molar-refractivity contribution in [2.45, 2.75) is 52.3 Å². The summed E-state index contributed by atoms with van der Waals surface area (Å²) < 4.78 is 5.51. The van der Waals surface area contributed by atoms with Gasteiger partial charge in [0.15, 0.2) is 0 Å². The van der Waals surface area contributed by atoms with Crippen molar-refractivity contribution >= 4 is 12.1 Å². The molecule has 1 saturated heterocycles. The molecular formula is C19H28N2O4. The van der Waals surface area contributed by atoms with E-state index in [1.54, 1.807) is 18.2 Å². The Hall–Kier alpha value is -2.08. The van der Waals surface area contributed by atoms with Crippen LogP contribution in [0.5, 0.6) is 0 Å². The fourth-order valence-corrected chi connectivity index (χ4v) is 3.03. The molecule has 0 spiro atoms.